The number of hydrogen-bond acceptors (Lipinski definition) is 8. The Labute approximate surface area is 219 Å². The molecule has 4 unspecified atom stereocenters. The Kier molecular flexibility index (Phi) is 12.2. The van der Waals surface area contributed by atoms with Gasteiger partial charge in [0.05, 0.1) is 6.04 Å². The summed E-state index contributed by atoms with van der Waals surface area (Å²) in [6, 6.07) is 2.18. The summed E-state index contributed by atoms with van der Waals surface area (Å²) < 4.78 is 0. The lowest BCUT2D eigenvalue weighted by atomic mass is 10.0. The van der Waals surface area contributed by atoms with Crippen LogP contribution in [0, 0.1) is 0 Å². The molecule has 0 saturated carbocycles. The molecule has 37 heavy (non-hydrogen) atoms. The summed E-state index contributed by atoms with van der Waals surface area (Å²) in [6.07, 6.45) is 3.13. The molecule has 1 aromatic carbocycles. The Balaban J connectivity index is 2.20. The van der Waals surface area contributed by atoms with Crippen LogP contribution in [0.1, 0.15) is 37.7 Å². The van der Waals surface area contributed by atoms with E-state index in [2.05, 4.69) is 21.3 Å². The normalized spacial score (nSPS) is 17.3. The van der Waals surface area contributed by atoms with E-state index in [0.29, 0.717) is 24.3 Å². The lowest BCUT2D eigenvalue weighted by molar-refractivity contribution is -0.142. The fourth-order valence-corrected chi connectivity index (χ4v) is 4.32. The van der Waals surface area contributed by atoms with Crippen LogP contribution in [0.25, 0.3) is 0 Å². The number of phenols is 1. The van der Waals surface area contributed by atoms with E-state index in [1.54, 1.807) is 18.4 Å². The zero-order chi connectivity index (χ0) is 27.4. The van der Waals surface area contributed by atoms with Crippen LogP contribution in [0.2, 0.25) is 0 Å². The Hall–Kier alpha value is -3.32. The van der Waals surface area contributed by atoms with E-state index in [1.165, 1.54) is 23.9 Å². The monoisotopic (exact) mass is 537 g/mol. The number of aliphatic carboxylic acids is 1. The summed E-state index contributed by atoms with van der Waals surface area (Å²) in [5.74, 6) is -3.19. The molecule has 0 radical (unpaired) electrons. The molecule has 1 aliphatic rings. The van der Waals surface area contributed by atoms with Crippen LogP contribution in [-0.2, 0) is 30.4 Å². The van der Waals surface area contributed by atoms with Gasteiger partial charge in [0.2, 0.25) is 23.6 Å². The molecule has 0 aliphatic carbocycles. The molecule has 1 saturated heterocycles. The number of carboxylic acids is 1. The quantitative estimate of drug-likeness (QED) is 0.150. The van der Waals surface area contributed by atoms with Crippen molar-refractivity contribution in [3.05, 3.63) is 29.8 Å². The van der Waals surface area contributed by atoms with Gasteiger partial charge in [-0.05, 0) is 61.9 Å². The third kappa shape index (κ3) is 10.3. The minimum Gasteiger partial charge on any atom is -0.508 e. The number of primary amides is 1. The second-order valence-electron chi connectivity index (χ2n) is 8.83. The molecule has 0 bridgehead atoms. The van der Waals surface area contributed by atoms with E-state index in [0.717, 1.165) is 6.42 Å². The molecular formula is C24H35N5O7S. The van der Waals surface area contributed by atoms with E-state index in [1.807, 2.05) is 0 Å². The van der Waals surface area contributed by atoms with E-state index in [-0.39, 0.29) is 37.3 Å². The molecule has 4 amide bonds. The largest absolute Gasteiger partial charge is 0.508 e. The molecule has 4 atom stereocenters. The smallest absolute Gasteiger partial charge is 0.326 e. The van der Waals surface area contributed by atoms with Crippen LogP contribution in [0.4, 0.5) is 0 Å². The minimum atomic E-state index is -1.25. The zero-order valence-corrected chi connectivity index (χ0v) is 21.5. The van der Waals surface area contributed by atoms with Gasteiger partial charge in [-0.3, -0.25) is 19.2 Å². The number of phenolic OH excluding ortho intramolecular Hbond substituents is 1. The van der Waals surface area contributed by atoms with E-state index >= 15 is 0 Å². The number of carboxylic acid groups (broad SMARTS) is 1. The molecule has 1 aromatic rings. The van der Waals surface area contributed by atoms with Crippen molar-refractivity contribution in [2.75, 3.05) is 18.6 Å². The molecule has 0 spiro atoms. The van der Waals surface area contributed by atoms with Crippen molar-refractivity contribution in [2.45, 2.75) is 62.7 Å². The maximum Gasteiger partial charge on any atom is 0.326 e. The SMILES string of the molecule is CSCCC(NC(=O)C(CCC(N)=O)NC(=O)C(Cc1ccc(O)cc1)NC(=O)C1CCCN1)C(=O)O. The Morgan fingerprint density at radius 3 is 2.24 bits per heavy atom. The number of rotatable bonds is 15. The van der Waals surface area contributed by atoms with Gasteiger partial charge >= 0.3 is 5.97 Å². The molecule has 13 heteroatoms. The van der Waals surface area contributed by atoms with Crippen molar-refractivity contribution in [3.63, 3.8) is 0 Å². The highest BCUT2D eigenvalue weighted by molar-refractivity contribution is 7.98. The van der Waals surface area contributed by atoms with Crippen LogP contribution in [0.5, 0.6) is 5.75 Å². The highest BCUT2D eigenvalue weighted by Gasteiger charge is 2.31. The second kappa shape index (κ2) is 15.1. The van der Waals surface area contributed by atoms with Gasteiger partial charge in [0, 0.05) is 12.8 Å². The fourth-order valence-electron chi connectivity index (χ4n) is 3.85. The first kappa shape index (κ1) is 29.9. The lowest BCUT2D eigenvalue weighted by Crippen LogP contribution is -2.57. The number of nitrogens with one attached hydrogen (secondary N) is 4. The van der Waals surface area contributed by atoms with E-state index in [4.69, 9.17) is 5.73 Å². The van der Waals surface area contributed by atoms with Gasteiger partial charge in [-0.1, -0.05) is 12.1 Å². The zero-order valence-electron chi connectivity index (χ0n) is 20.7. The fraction of sp³-hybridized carbons (Fsp3) is 0.542. The molecule has 1 aliphatic heterocycles. The maximum atomic E-state index is 13.3. The number of benzene rings is 1. The molecule has 1 heterocycles. The summed E-state index contributed by atoms with van der Waals surface area (Å²) in [7, 11) is 0. The molecule has 0 aromatic heterocycles. The van der Waals surface area contributed by atoms with Crippen molar-refractivity contribution >= 4 is 41.4 Å². The summed E-state index contributed by atoms with van der Waals surface area (Å²) in [5, 5.41) is 29.8. The Bertz CT molecular complexity index is 953. The third-order valence-corrected chi connectivity index (χ3v) is 6.57. The van der Waals surface area contributed by atoms with Crippen molar-refractivity contribution in [3.8, 4) is 5.75 Å². The van der Waals surface area contributed by atoms with Crippen LogP contribution in [0.3, 0.4) is 0 Å². The van der Waals surface area contributed by atoms with Crippen LogP contribution in [0.15, 0.2) is 24.3 Å². The number of aromatic hydroxyl groups is 1. The van der Waals surface area contributed by atoms with Gasteiger partial charge in [0.15, 0.2) is 0 Å². The van der Waals surface area contributed by atoms with Gasteiger partial charge in [-0.15, -0.1) is 0 Å². The molecule has 2 rings (SSSR count). The molecule has 204 valence electrons. The van der Waals surface area contributed by atoms with Crippen LogP contribution < -0.4 is 27.0 Å². The maximum absolute atomic E-state index is 13.3. The van der Waals surface area contributed by atoms with Gasteiger partial charge in [0.1, 0.15) is 23.9 Å². The summed E-state index contributed by atoms with van der Waals surface area (Å²) in [4.78, 5) is 62.0. The van der Waals surface area contributed by atoms with Crippen LogP contribution in [-0.4, -0.2) is 82.5 Å². The summed E-state index contributed by atoms with van der Waals surface area (Å²) in [5.41, 5.74) is 5.88. The topological polar surface area (TPSA) is 200 Å². The summed E-state index contributed by atoms with van der Waals surface area (Å²) in [6.45, 7) is 0.684. The molecule has 1 fully saturated rings. The average Bonchev–Trinajstić information content (AvgIpc) is 3.40. The number of nitrogens with two attached hydrogens (primary N) is 1. The van der Waals surface area contributed by atoms with Gasteiger partial charge in [-0.2, -0.15) is 11.8 Å². The van der Waals surface area contributed by atoms with Crippen molar-refractivity contribution in [2.24, 2.45) is 5.73 Å². The Morgan fingerprint density at radius 2 is 1.68 bits per heavy atom. The first-order chi connectivity index (χ1) is 17.6. The number of carbonyl (C=O) groups excluding carboxylic acids is 4. The molecule has 12 nitrogen and oxygen atoms in total. The number of carbonyl (C=O) groups is 5. The lowest BCUT2D eigenvalue weighted by Gasteiger charge is -2.25. The van der Waals surface area contributed by atoms with Crippen LogP contribution >= 0.6 is 11.8 Å². The van der Waals surface area contributed by atoms with Gasteiger partial charge < -0.3 is 37.2 Å². The summed E-state index contributed by atoms with van der Waals surface area (Å²) >= 11 is 1.42. The third-order valence-electron chi connectivity index (χ3n) is 5.92. The average molecular weight is 538 g/mol. The number of thioether (sulfide) groups is 1. The predicted molar refractivity (Wildman–Crippen MR) is 138 cm³/mol. The first-order valence-corrected chi connectivity index (χ1v) is 13.4. The predicted octanol–water partition coefficient (Wildman–Crippen LogP) is -0.756. The number of amides is 4. The minimum absolute atomic E-state index is 0.0431. The highest BCUT2D eigenvalue weighted by Crippen LogP contribution is 2.13. The first-order valence-electron chi connectivity index (χ1n) is 12.0. The Morgan fingerprint density at radius 1 is 1.03 bits per heavy atom. The van der Waals surface area contributed by atoms with Gasteiger partial charge in [-0.25, -0.2) is 4.79 Å². The molecule has 8 N–H and O–H groups in total. The highest BCUT2D eigenvalue weighted by atomic mass is 32.2. The van der Waals surface area contributed by atoms with E-state index in [9.17, 15) is 34.2 Å². The van der Waals surface area contributed by atoms with Gasteiger partial charge in [0.25, 0.3) is 0 Å². The van der Waals surface area contributed by atoms with Crippen molar-refractivity contribution in [1.29, 1.82) is 0 Å². The second-order valence-corrected chi connectivity index (χ2v) is 9.81. The number of hydrogen-bond donors (Lipinski definition) is 7. The van der Waals surface area contributed by atoms with E-state index < -0.39 is 47.9 Å². The molecular weight excluding hydrogens is 502 g/mol. The van der Waals surface area contributed by atoms with Crippen molar-refractivity contribution in [1.82, 2.24) is 21.3 Å². The standard InChI is InChI=1S/C24H35N5O7S/c1-37-12-10-18(24(35)36)28-22(33)17(8-9-20(25)31)27-23(34)19(13-14-4-6-15(30)7-5-14)29-21(32)16-3-2-11-26-16/h4-7,16-19,26,30H,2-3,8-13H2,1H3,(H2,25,31)(H,27,34)(H,28,33)(H,29,32)(H,35,36). The van der Waals surface area contributed by atoms with Crippen molar-refractivity contribution < 1.29 is 34.2 Å².